The SMILES string of the molecule is O=C(CCN=C1NS(=O)(=O)c2ccccc21)NCc1ccc(OCc2cccnc2)cc1. The van der Waals surface area contributed by atoms with Gasteiger partial charge >= 0.3 is 0 Å². The van der Waals surface area contributed by atoms with E-state index in [-0.39, 0.29) is 29.6 Å². The van der Waals surface area contributed by atoms with Crippen molar-refractivity contribution >= 4 is 21.8 Å². The molecule has 1 aliphatic rings. The molecule has 4 rings (SSSR count). The Bertz CT molecular complexity index is 1230. The molecule has 0 bridgehead atoms. The Balaban J connectivity index is 1.23. The van der Waals surface area contributed by atoms with Crippen LogP contribution in [0.1, 0.15) is 23.1 Å². The first-order valence-electron chi connectivity index (χ1n) is 10.1. The van der Waals surface area contributed by atoms with Gasteiger partial charge in [0.25, 0.3) is 10.0 Å². The van der Waals surface area contributed by atoms with Crippen LogP contribution >= 0.6 is 0 Å². The Kier molecular flexibility index (Phi) is 6.46. The summed E-state index contributed by atoms with van der Waals surface area (Å²) in [5, 5.41) is 2.84. The van der Waals surface area contributed by atoms with Crippen LogP contribution in [0, 0.1) is 0 Å². The molecule has 0 saturated heterocycles. The lowest BCUT2D eigenvalue weighted by Crippen LogP contribution is -2.25. The molecule has 0 fully saturated rings. The van der Waals surface area contributed by atoms with Crippen LogP contribution in [-0.2, 0) is 28.0 Å². The van der Waals surface area contributed by atoms with Gasteiger partial charge in [-0.2, -0.15) is 0 Å². The fraction of sp³-hybridized carbons (Fsp3) is 0.174. The van der Waals surface area contributed by atoms with Gasteiger partial charge in [-0.15, -0.1) is 0 Å². The van der Waals surface area contributed by atoms with Gasteiger partial charge < -0.3 is 10.1 Å². The van der Waals surface area contributed by atoms with Crippen molar-refractivity contribution in [3.8, 4) is 5.75 Å². The van der Waals surface area contributed by atoms with E-state index in [1.807, 2.05) is 36.4 Å². The van der Waals surface area contributed by atoms with Gasteiger partial charge in [0.2, 0.25) is 5.91 Å². The lowest BCUT2D eigenvalue weighted by Gasteiger charge is -2.08. The maximum Gasteiger partial charge on any atom is 0.263 e. The van der Waals surface area contributed by atoms with Gasteiger partial charge in [-0.05, 0) is 35.9 Å². The summed E-state index contributed by atoms with van der Waals surface area (Å²) in [6.45, 7) is 1.000. The van der Waals surface area contributed by atoms with Crippen molar-refractivity contribution in [2.75, 3.05) is 6.54 Å². The van der Waals surface area contributed by atoms with E-state index in [4.69, 9.17) is 4.74 Å². The maximum atomic E-state index is 12.1. The molecule has 1 aromatic heterocycles. The molecule has 2 aromatic carbocycles. The van der Waals surface area contributed by atoms with E-state index < -0.39 is 10.0 Å². The largest absolute Gasteiger partial charge is 0.489 e. The average molecular weight is 451 g/mol. The van der Waals surface area contributed by atoms with Gasteiger partial charge in [0.1, 0.15) is 18.2 Å². The van der Waals surface area contributed by atoms with Crippen LogP contribution in [-0.4, -0.2) is 31.7 Å². The fourth-order valence-corrected chi connectivity index (χ4v) is 4.41. The zero-order valence-electron chi connectivity index (χ0n) is 17.2. The van der Waals surface area contributed by atoms with Gasteiger partial charge in [0.05, 0.1) is 11.4 Å². The van der Waals surface area contributed by atoms with Crippen LogP contribution < -0.4 is 14.8 Å². The van der Waals surface area contributed by atoms with Crippen LogP contribution in [0.5, 0.6) is 5.75 Å². The zero-order chi connectivity index (χ0) is 22.4. The van der Waals surface area contributed by atoms with E-state index in [1.54, 1.807) is 30.6 Å². The molecule has 3 aromatic rings. The number of rotatable bonds is 8. The van der Waals surface area contributed by atoms with Crippen molar-refractivity contribution < 1.29 is 17.9 Å². The van der Waals surface area contributed by atoms with Crippen molar-refractivity contribution in [2.45, 2.75) is 24.5 Å². The summed E-state index contributed by atoms with van der Waals surface area (Å²) in [6, 6.07) is 17.9. The van der Waals surface area contributed by atoms with E-state index >= 15 is 0 Å². The van der Waals surface area contributed by atoms with Gasteiger partial charge in [-0.3, -0.25) is 19.5 Å². The second kappa shape index (κ2) is 9.61. The zero-order valence-corrected chi connectivity index (χ0v) is 18.0. The third-order valence-corrected chi connectivity index (χ3v) is 6.21. The van der Waals surface area contributed by atoms with Crippen LogP contribution in [0.25, 0.3) is 0 Å². The number of amides is 1. The molecule has 0 spiro atoms. The number of hydrogen-bond acceptors (Lipinski definition) is 6. The van der Waals surface area contributed by atoms with E-state index in [1.165, 1.54) is 6.07 Å². The summed E-state index contributed by atoms with van der Waals surface area (Å²) in [7, 11) is -3.57. The molecule has 0 aliphatic carbocycles. The number of hydrogen-bond donors (Lipinski definition) is 2. The van der Waals surface area contributed by atoms with Crippen molar-refractivity contribution in [3.63, 3.8) is 0 Å². The lowest BCUT2D eigenvalue weighted by molar-refractivity contribution is -0.121. The Morgan fingerprint density at radius 2 is 1.84 bits per heavy atom. The molecule has 1 aliphatic heterocycles. The first-order valence-corrected chi connectivity index (χ1v) is 11.5. The van der Waals surface area contributed by atoms with Gasteiger partial charge in [0.15, 0.2) is 0 Å². The quantitative estimate of drug-likeness (QED) is 0.548. The molecule has 32 heavy (non-hydrogen) atoms. The number of carbonyl (C=O) groups excluding carboxylic acids is 1. The Morgan fingerprint density at radius 1 is 1.03 bits per heavy atom. The highest BCUT2D eigenvalue weighted by molar-refractivity contribution is 7.90. The van der Waals surface area contributed by atoms with Crippen LogP contribution in [0.2, 0.25) is 0 Å². The monoisotopic (exact) mass is 450 g/mol. The van der Waals surface area contributed by atoms with Crippen LogP contribution in [0.15, 0.2) is 82.9 Å². The molecule has 8 nitrogen and oxygen atoms in total. The molecule has 164 valence electrons. The standard InChI is InChI=1S/C23H22N4O4S/c28-22(11-13-25-23-20-5-1-2-6-21(20)32(29,30)27-23)26-15-17-7-9-19(10-8-17)31-16-18-4-3-12-24-14-18/h1-10,12,14H,11,13,15-16H2,(H,25,27)(H,26,28). The number of nitrogens with one attached hydrogen (secondary N) is 2. The van der Waals surface area contributed by atoms with Gasteiger partial charge in [0, 0.05) is 36.5 Å². The van der Waals surface area contributed by atoms with E-state index in [0.29, 0.717) is 18.7 Å². The molecule has 0 saturated carbocycles. The number of ether oxygens (including phenoxy) is 1. The Labute approximate surface area is 186 Å². The van der Waals surface area contributed by atoms with E-state index in [2.05, 4.69) is 20.0 Å². The Hall–Kier alpha value is -3.72. The van der Waals surface area contributed by atoms with Crippen molar-refractivity contribution in [2.24, 2.45) is 4.99 Å². The topological polar surface area (TPSA) is 110 Å². The van der Waals surface area contributed by atoms with Crippen LogP contribution in [0.3, 0.4) is 0 Å². The molecule has 0 atom stereocenters. The number of sulfonamides is 1. The summed E-state index contributed by atoms with van der Waals surface area (Å²) in [5.41, 5.74) is 2.45. The summed E-state index contributed by atoms with van der Waals surface area (Å²) in [4.78, 5) is 20.7. The minimum absolute atomic E-state index is 0.152. The smallest absolute Gasteiger partial charge is 0.263 e. The third kappa shape index (κ3) is 5.30. The summed E-state index contributed by atoms with van der Waals surface area (Å²) in [5.74, 6) is 0.842. The number of pyridine rings is 1. The maximum absolute atomic E-state index is 12.1. The van der Waals surface area contributed by atoms with Gasteiger partial charge in [-0.1, -0.05) is 30.3 Å². The molecule has 9 heteroatoms. The third-order valence-electron chi connectivity index (χ3n) is 4.81. The van der Waals surface area contributed by atoms with E-state index in [9.17, 15) is 13.2 Å². The first-order chi connectivity index (χ1) is 15.5. The normalized spacial score (nSPS) is 15.1. The highest BCUT2D eigenvalue weighted by Crippen LogP contribution is 2.22. The minimum atomic E-state index is -3.57. The molecule has 0 unspecified atom stereocenters. The molecule has 2 N–H and O–H groups in total. The lowest BCUT2D eigenvalue weighted by atomic mass is 10.2. The second-order valence-corrected chi connectivity index (χ2v) is 8.80. The number of aromatic nitrogens is 1. The van der Waals surface area contributed by atoms with Crippen LogP contribution in [0.4, 0.5) is 0 Å². The summed E-state index contributed by atoms with van der Waals surface area (Å²) >= 11 is 0. The first kappa shape index (κ1) is 21.5. The number of fused-ring (bicyclic) bond motifs is 1. The Morgan fingerprint density at radius 3 is 2.62 bits per heavy atom. The predicted molar refractivity (Wildman–Crippen MR) is 120 cm³/mol. The predicted octanol–water partition coefficient (Wildman–Crippen LogP) is 2.41. The highest BCUT2D eigenvalue weighted by Gasteiger charge is 2.29. The summed E-state index contributed by atoms with van der Waals surface area (Å²) in [6.07, 6.45) is 3.63. The van der Waals surface area contributed by atoms with Gasteiger partial charge in [-0.25, -0.2) is 8.42 Å². The number of amidine groups is 1. The van der Waals surface area contributed by atoms with Crippen molar-refractivity contribution in [1.82, 2.24) is 15.0 Å². The molecule has 2 heterocycles. The number of nitrogens with zero attached hydrogens (tertiary/aromatic N) is 2. The molecule has 1 amide bonds. The number of aliphatic imine (C=N–C) groups is 1. The molecular weight excluding hydrogens is 428 g/mol. The highest BCUT2D eigenvalue weighted by atomic mass is 32.2. The minimum Gasteiger partial charge on any atom is -0.489 e. The summed E-state index contributed by atoms with van der Waals surface area (Å²) < 4.78 is 32.3. The number of benzene rings is 2. The van der Waals surface area contributed by atoms with Crippen molar-refractivity contribution in [1.29, 1.82) is 0 Å². The molecular formula is C23H22N4O4S. The molecule has 0 radical (unpaired) electrons. The average Bonchev–Trinajstić information content (AvgIpc) is 3.08. The van der Waals surface area contributed by atoms with E-state index in [0.717, 1.165) is 16.9 Å². The number of carbonyl (C=O) groups is 1. The van der Waals surface area contributed by atoms with Crippen molar-refractivity contribution in [3.05, 3.63) is 89.7 Å². The fourth-order valence-electron chi connectivity index (χ4n) is 3.16. The second-order valence-electron chi connectivity index (χ2n) is 7.15.